The van der Waals surface area contributed by atoms with Gasteiger partial charge in [0.15, 0.2) is 11.8 Å². The molecule has 8 heteroatoms. The summed E-state index contributed by atoms with van der Waals surface area (Å²) in [6.45, 7) is 7.65. The number of aliphatic imine (C=N–C) groups is 1. The Kier molecular flexibility index (Phi) is 9.59. The fourth-order valence-corrected chi connectivity index (χ4v) is 3.18. The zero-order valence-corrected chi connectivity index (χ0v) is 20.1. The first-order valence-corrected chi connectivity index (χ1v) is 9.90. The summed E-state index contributed by atoms with van der Waals surface area (Å²) in [5.74, 6) is 1.56. The van der Waals surface area contributed by atoms with Crippen LogP contribution in [0.1, 0.15) is 18.1 Å². The van der Waals surface area contributed by atoms with Gasteiger partial charge in [0.25, 0.3) is 0 Å². The number of nitrogens with zero attached hydrogens (tertiary/aromatic N) is 4. The molecule has 160 valence electrons. The third kappa shape index (κ3) is 6.72. The van der Waals surface area contributed by atoms with Gasteiger partial charge in [-0.3, -0.25) is 10.1 Å². The molecule has 7 nitrogen and oxygen atoms in total. The number of guanidine groups is 1. The molecule has 0 bridgehead atoms. The smallest absolute Gasteiger partial charge is 0.191 e. The van der Waals surface area contributed by atoms with Gasteiger partial charge in [-0.15, -0.1) is 24.0 Å². The summed E-state index contributed by atoms with van der Waals surface area (Å²) in [6, 6.07) is 16.8. The SMILES string of the molecule is CCN(CCNC(=NC)NCc1cccc(-c2ncn[nH]2)c1)c1cccc(C)c1.I. The first kappa shape index (κ1) is 23.7. The molecular weight excluding hydrogens is 489 g/mol. The molecule has 3 aromatic rings. The van der Waals surface area contributed by atoms with Crippen LogP contribution in [0.2, 0.25) is 0 Å². The number of rotatable bonds is 8. The van der Waals surface area contributed by atoms with Crippen LogP contribution in [0.25, 0.3) is 11.4 Å². The van der Waals surface area contributed by atoms with Crippen molar-refractivity contribution in [1.82, 2.24) is 25.8 Å². The van der Waals surface area contributed by atoms with E-state index in [2.05, 4.69) is 86.0 Å². The minimum Gasteiger partial charge on any atom is -0.370 e. The van der Waals surface area contributed by atoms with Crippen LogP contribution in [0.5, 0.6) is 0 Å². The average molecular weight is 519 g/mol. The number of benzene rings is 2. The van der Waals surface area contributed by atoms with E-state index in [-0.39, 0.29) is 24.0 Å². The quantitative estimate of drug-likeness (QED) is 0.241. The third-order valence-electron chi connectivity index (χ3n) is 4.72. The number of likely N-dealkylation sites (N-methyl/N-ethyl adjacent to an activating group) is 1. The van der Waals surface area contributed by atoms with Gasteiger partial charge >= 0.3 is 0 Å². The number of halogens is 1. The van der Waals surface area contributed by atoms with Crippen LogP contribution in [-0.2, 0) is 6.54 Å². The lowest BCUT2D eigenvalue weighted by molar-refractivity contribution is 0.750. The summed E-state index contributed by atoms with van der Waals surface area (Å²) in [5, 5.41) is 13.6. The third-order valence-corrected chi connectivity index (χ3v) is 4.72. The van der Waals surface area contributed by atoms with E-state index in [1.165, 1.54) is 17.6 Å². The standard InChI is InChI=1S/C22H29N7.HI/c1-4-29(20-10-5-7-17(2)13-20)12-11-24-22(23-3)25-15-18-8-6-9-19(14-18)21-26-16-27-28-21;/h5-10,13-14,16H,4,11-12,15H2,1-3H3,(H2,23,24,25)(H,26,27,28);1H. The molecule has 1 heterocycles. The Morgan fingerprint density at radius 2 is 1.97 bits per heavy atom. The largest absolute Gasteiger partial charge is 0.370 e. The van der Waals surface area contributed by atoms with Crippen molar-refractivity contribution < 1.29 is 0 Å². The van der Waals surface area contributed by atoms with Crippen LogP contribution in [0, 0.1) is 6.92 Å². The van der Waals surface area contributed by atoms with E-state index in [1.807, 2.05) is 12.1 Å². The molecule has 0 atom stereocenters. The molecule has 1 aromatic heterocycles. The van der Waals surface area contributed by atoms with Crippen LogP contribution in [0.15, 0.2) is 59.9 Å². The monoisotopic (exact) mass is 519 g/mol. The minimum absolute atomic E-state index is 0. The molecule has 0 aliphatic rings. The van der Waals surface area contributed by atoms with Crippen LogP contribution in [0.3, 0.4) is 0 Å². The number of aromatic amines is 1. The second-order valence-corrected chi connectivity index (χ2v) is 6.81. The van der Waals surface area contributed by atoms with Crippen LogP contribution < -0.4 is 15.5 Å². The Morgan fingerprint density at radius 1 is 1.13 bits per heavy atom. The second-order valence-electron chi connectivity index (χ2n) is 6.81. The van der Waals surface area contributed by atoms with Gasteiger partial charge in [0.2, 0.25) is 0 Å². The van der Waals surface area contributed by atoms with Gasteiger partial charge in [-0.25, -0.2) is 4.98 Å². The number of aryl methyl sites for hydroxylation is 1. The van der Waals surface area contributed by atoms with E-state index < -0.39 is 0 Å². The van der Waals surface area contributed by atoms with Crippen molar-refractivity contribution in [2.75, 3.05) is 31.6 Å². The molecule has 0 saturated carbocycles. The van der Waals surface area contributed by atoms with Crippen LogP contribution >= 0.6 is 24.0 Å². The lowest BCUT2D eigenvalue weighted by Gasteiger charge is -2.24. The molecule has 0 saturated heterocycles. The summed E-state index contributed by atoms with van der Waals surface area (Å²) in [6.07, 6.45) is 1.52. The van der Waals surface area contributed by atoms with Crippen molar-refractivity contribution in [3.63, 3.8) is 0 Å². The Morgan fingerprint density at radius 3 is 2.67 bits per heavy atom. The molecule has 0 spiro atoms. The Labute approximate surface area is 195 Å². The number of hydrogen-bond donors (Lipinski definition) is 3. The summed E-state index contributed by atoms with van der Waals surface area (Å²) < 4.78 is 0. The number of anilines is 1. The fraction of sp³-hybridized carbons (Fsp3) is 0.318. The maximum absolute atomic E-state index is 4.33. The summed E-state index contributed by atoms with van der Waals surface area (Å²) in [7, 11) is 1.79. The van der Waals surface area contributed by atoms with E-state index >= 15 is 0 Å². The van der Waals surface area contributed by atoms with Crippen molar-refractivity contribution in [2.45, 2.75) is 20.4 Å². The highest BCUT2D eigenvalue weighted by Gasteiger charge is 2.06. The van der Waals surface area contributed by atoms with Gasteiger partial charge in [-0.05, 0) is 43.2 Å². The molecule has 3 rings (SSSR count). The topological polar surface area (TPSA) is 81.2 Å². The molecular formula is C22H30IN7. The van der Waals surface area contributed by atoms with Crippen molar-refractivity contribution in [3.8, 4) is 11.4 Å². The normalized spacial score (nSPS) is 11.0. The number of H-pyrrole nitrogens is 1. The highest BCUT2D eigenvalue weighted by atomic mass is 127. The number of hydrogen-bond acceptors (Lipinski definition) is 4. The Balaban J connectivity index is 0.00000320. The lowest BCUT2D eigenvalue weighted by Crippen LogP contribution is -2.41. The maximum atomic E-state index is 4.33. The van der Waals surface area contributed by atoms with Gasteiger partial charge in [-0.1, -0.05) is 30.3 Å². The van der Waals surface area contributed by atoms with Crippen LogP contribution in [-0.4, -0.2) is 47.8 Å². The summed E-state index contributed by atoms with van der Waals surface area (Å²) >= 11 is 0. The van der Waals surface area contributed by atoms with Gasteiger partial charge in [0.1, 0.15) is 6.33 Å². The van der Waals surface area contributed by atoms with Gasteiger partial charge in [-0.2, -0.15) is 5.10 Å². The first-order valence-electron chi connectivity index (χ1n) is 9.90. The van der Waals surface area contributed by atoms with Gasteiger partial charge < -0.3 is 15.5 Å². The highest BCUT2D eigenvalue weighted by molar-refractivity contribution is 14.0. The average Bonchev–Trinajstić information content (AvgIpc) is 3.28. The van der Waals surface area contributed by atoms with E-state index in [0.29, 0.717) is 6.54 Å². The summed E-state index contributed by atoms with van der Waals surface area (Å²) in [4.78, 5) is 10.9. The minimum atomic E-state index is 0. The lowest BCUT2D eigenvalue weighted by atomic mass is 10.1. The molecule has 30 heavy (non-hydrogen) atoms. The van der Waals surface area contributed by atoms with Crippen molar-refractivity contribution in [3.05, 3.63) is 66.0 Å². The Bertz CT molecular complexity index is 925. The molecule has 0 aliphatic heterocycles. The van der Waals surface area contributed by atoms with Crippen molar-refractivity contribution in [1.29, 1.82) is 0 Å². The summed E-state index contributed by atoms with van der Waals surface area (Å²) in [5.41, 5.74) is 4.69. The predicted molar refractivity (Wildman–Crippen MR) is 135 cm³/mol. The van der Waals surface area contributed by atoms with E-state index in [1.54, 1.807) is 7.05 Å². The van der Waals surface area contributed by atoms with Crippen LogP contribution in [0.4, 0.5) is 5.69 Å². The maximum Gasteiger partial charge on any atom is 0.191 e. The first-order chi connectivity index (χ1) is 14.2. The van der Waals surface area contributed by atoms with E-state index in [0.717, 1.165) is 42.5 Å². The van der Waals surface area contributed by atoms with E-state index in [9.17, 15) is 0 Å². The Hall–Kier alpha value is -2.62. The van der Waals surface area contributed by atoms with Crippen molar-refractivity contribution >= 4 is 35.6 Å². The number of aromatic nitrogens is 3. The zero-order valence-electron chi connectivity index (χ0n) is 17.7. The molecule has 0 amide bonds. The van der Waals surface area contributed by atoms with Gasteiger partial charge in [0.05, 0.1) is 0 Å². The molecule has 0 radical (unpaired) electrons. The fourth-order valence-electron chi connectivity index (χ4n) is 3.18. The van der Waals surface area contributed by atoms with E-state index in [4.69, 9.17) is 0 Å². The van der Waals surface area contributed by atoms with Gasteiger partial charge in [0, 0.05) is 44.5 Å². The molecule has 0 fully saturated rings. The molecule has 0 aliphatic carbocycles. The van der Waals surface area contributed by atoms with Crippen molar-refractivity contribution in [2.24, 2.45) is 4.99 Å². The second kappa shape index (κ2) is 12.2. The highest BCUT2D eigenvalue weighted by Crippen LogP contribution is 2.16. The number of nitrogens with one attached hydrogen (secondary N) is 3. The zero-order chi connectivity index (χ0) is 20.5. The molecule has 2 aromatic carbocycles. The molecule has 3 N–H and O–H groups in total. The predicted octanol–water partition coefficient (Wildman–Crippen LogP) is 3.59. The molecule has 0 unspecified atom stereocenters.